The summed E-state index contributed by atoms with van der Waals surface area (Å²) in [5.74, 6) is -4.53. The van der Waals surface area contributed by atoms with Gasteiger partial charge in [-0.05, 0) is 18.2 Å². The summed E-state index contributed by atoms with van der Waals surface area (Å²) < 4.78 is 84.0. The molecule has 0 heterocycles. The Bertz CT molecular complexity index is 643. The highest BCUT2D eigenvalue weighted by Crippen LogP contribution is 2.25. The Kier molecular flexibility index (Phi) is 4.79. The summed E-state index contributed by atoms with van der Waals surface area (Å²) in [5.41, 5.74) is 4.20. The molecule has 1 unspecified atom stereocenters. The first-order valence-corrected chi connectivity index (χ1v) is 6.79. The zero-order valence-electron chi connectivity index (χ0n) is 10.1. The fraction of sp³-hybridized carbons (Fsp3) is 0.300. The van der Waals surface area contributed by atoms with Crippen molar-refractivity contribution in [1.82, 2.24) is 0 Å². The molecule has 1 rings (SSSR count). The minimum absolute atomic E-state index is 0.336. The predicted octanol–water partition coefficient (Wildman–Crippen LogP) is 1.38. The number of alkyl halides is 3. The Hall–Kier alpha value is -1.88. The highest BCUT2D eigenvalue weighted by molar-refractivity contribution is 7.85. The molecule has 3 N–H and O–H groups in total. The second kappa shape index (κ2) is 5.85. The van der Waals surface area contributed by atoms with Crippen molar-refractivity contribution in [3.8, 4) is 0 Å². The molecule has 1 atom stereocenters. The maximum Gasteiger partial charge on any atom is 0.426 e. The number of anilines is 1. The highest BCUT2D eigenvalue weighted by atomic mass is 32.2. The third-order valence-electron chi connectivity index (χ3n) is 2.21. The molecule has 6 nitrogen and oxygen atoms in total. The van der Waals surface area contributed by atoms with Gasteiger partial charge in [-0.1, -0.05) is 0 Å². The third kappa shape index (κ3) is 5.19. The van der Waals surface area contributed by atoms with Crippen LogP contribution >= 0.6 is 0 Å². The molecule has 0 bridgehead atoms. The maximum atomic E-state index is 13.1. The molecule has 0 saturated carbocycles. The number of nitrogen functional groups attached to an aromatic ring is 1. The first-order valence-electron chi connectivity index (χ1n) is 5.18. The highest BCUT2D eigenvalue weighted by Gasteiger charge is 2.45. The van der Waals surface area contributed by atoms with Crippen molar-refractivity contribution in [2.75, 3.05) is 11.5 Å². The number of carbonyl (C=O) groups excluding carboxylic acids is 1. The molecular formula is C10H9F4NO5S. The molecule has 21 heavy (non-hydrogen) atoms. The lowest BCUT2D eigenvalue weighted by atomic mass is 10.2. The van der Waals surface area contributed by atoms with Crippen LogP contribution in [0.3, 0.4) is 0 Å². The van der Waals surface area contributed by atoms with Gasteiger partial charge in [0, 0.05) is 0 Å². The van der Waals surface area contributed by atoms with E-state index in [4.69, 9.17) is 10.3 Å². The molecule has 0 saturated heterocycles. The molecule has 1 aromatic carbocycles. The first kappa shape index (κ1) is 17.2. The Morgan fingerprint density at radius 2 is 1.95 bits per heavy atom. The molecule has 0 spiro atoms. The molecule has 0 fully saturated rings. The molecule has 0 aromatic heterocycles. The molecule has 1 aromatic rings. The summed E-state index contributed by atoms with van der Waals surface area (Å²) >= 11 is 0. The SMILES string of the molecule is Nc1ccc(C(=O)OC(CS(=O)(=O)O)C(F)(F)F)cc1F. The van der Waals surface area contributed by atoms with Crippen LogP contribution in [0.1, 0.15) is 10.4 Å². The van der Waals surface area contributed by atoms with Crippen molar-refractivity contribution in [2.24, 2.45) is 0 Å². The van der Waals surface area contributed by atoms with E-state index in [1.54, 1.807) is 0 Å². The number of rotatable bonds is 4. The van der Waals surface area contributed by atoms with E-state index in [0.29, 0.717) is 6.07 Å². The molecule has 11 heteroatoms. The molecule has 0 aliphatic rings. The number of esters is 1. The molecule has 0 radical (unpaired) electrons. The first-order chi connectivity index (χ1) is 9.40. The second-order valence-electron chi connectivity index (χ2n) is 3.92. The van der Waals surface area contributed by atoms with Gasteiger partial charge in [-0.2, -0.15) is 21.6 Å². The van der Waals surface area contributed by atoms with Crippen LogP contribution in [0.2, 0.25) is 0 Å². The summed E-state index contributed by atoms with van der Waals surface area (Å²) in [6.45, 7) is 0. The molecule has 0 amide bonds. The lowest BCUT2D eigenvalue weighted by molar-refractivity contribution is -0.197. The molecule has 0 aliphatic carbocycles. The summed E-state index contributed by atoms with van der Waals surface area (Å²) in [6.07, 6.45) is -8.31. The van der Waals surface area contributed by atoms with Gasteiger partial charge in [0.2, 0.25) is 6.10 Å². The van der Waals surface area contributed by atoms with Crippen LogP contribution in [0.25, 0.3) is 0 Å². The van der Waals surface area contributed by atoms with Gasteiger partial charge in [-0.15, -0.1) is 0 Å². The van der Waals surface area contributed by atoms with Gasteiger partial charge in [0.1, 0.15) is 11.6 Å². The quantitative estimate of drug-likeness (QED) is 0.374. The van der Waals surface area contributed by atoms with Crippen molar-refractivity contribution in [1.29, 1.82) is 0 Å². The lowest BCUT2D eigenvalue weighted by Gasteiger charge is -2.19. The number of carbonyl (C=O) groups is 1. The average Bonchev–Trinajstić information content (AvgIpc) is 2.28. The van der Waals surface area contributed by atoms with Gasteiger partial charge in [0.25, 0.3) is 10.1 Å². The van der Waals surface area contributed by atoms with Crippen LogP contribution < -0.4 is 5.73 Å². The summed E-state index contributed by atoms with van der Waals surface area (Å²) in [7, 11) is -5.04. The number of nitrogens with two attached hydrogens (primary N) is 1. The average molecular weight is 331 g/mol. The molecule has 0 aliphatic heterocycles. The Morgan fingerprint density at radius 3 is 2.38 bits per heavy atom. The van der Waals surface area contributed by atoms with Crippen LogP contribution in [-0.4, -0.2) is 37.0 Å². The van der Waals surface area contributed by atoms with Gasteiger partial charge in [-0.3, -0.25) is 4.55 Å². The van der Waals surface area contributed by atoms with E-state index in [0.717, 1.165) is 12.1 Å². The van der Waals surface area contributed by atoms with Crippen LogP contribution in [0.4, 0.5) is 23.2 Å². The monoisotopic (exact) mass is 331 g/mol. The Labute approximate surface area is 116 Å². The third-order valence-corrected chi connectivity index (χ3v) is 2.94. The van der Waals surface area contributed by atoms with Gasteiger partial charge in [0.05, 0.1) is 11.3 Å². The largest absolute Gasteiger partial charge is 0.448 e. The van der Waals surface area contributed by atoms with Crippen LogP contribution in [-0.2, 0) is 14.9 Å². The van der Waals surface area contributed by atoms with Crippen molar-refractivity contribution < 1.29 is 40.1 Å². The minimum Gasteiger partial charge on any atom is -0.448 e. The van der Waals surface area contributed by atoms with E-state index >= 15 is 0 Å². The van der Waals surface area contributed by atoms with Crippen LogP contribution in [0, 0.1) is 5.82 Å². The Balaban J connectivity index is 2.98. The van der Waals surface area contributed by atoms with Crippen molar-refractivity contribution in [3.05, 3.63) is 29.6 Å². The molecular weight excluding hydrogens is 322 g/mol. The summed E-state index contributed by atoms with van der Waals surface area (Å²) in [6, 6.07) is 2.37. The number of ether oxygens (including phenoxy) is 1. The van der Waals surface area contributed by atoms with E-state index in [1.807, 2.05) is 0 Å². The minimum atomic E-state index is -5.22. The standard InChI is InChI=1S/C10H9F4NO5S/c11-6-3-5(1-2-7(6)15)9(16)20-8(10(12,13)14)4-21(17,18)19/h1-3,8H,4,15H2,(H,17,18,19). The Morgan fingerprint density at radius 1 is 1.38 bits per heavy atom. The van der Waals surface area contributed by atoms with E-state index in [-0.39, 0.29) is 5.69 Å². The van der Waals surface area contributed by atoms with Crippen molar-refractivity contribution >= 4 is 21.8 Å². The van der Waals surface area contributed by atoms with Crippen molar-refractivity contribution in [3.63, 3.8) is 0 Å². The van der Waals surface area contributed by atoms with Gasteiger partial charge < -0.3 is 10.5 Å². The summed E-state index contributed by atoms with van der Waals surface area (Å²) in [5, 5.41) is 0. The van der Waals surface area contributed by atoms with Gasteiger partial charge in [-0.25, -0.2) is 9.18 Å². The number of halogens is 4. The van der Waals surface area contributed by atoms with Crippen molar-refractivity contribution in [2.45, 2.75) is 12.3 Å². The normalized spacial score (nSPS) is 13.8. The van der Waals surface area contributed by atoms with E-state index in [9.17, 15) is 30.8 Å². The number of hydrogen-bond acceptors (Lipinski definition) is 5. The van der Waals surface area contributed by atoms with Crippen LogP contribution in [0.15, 0.2) is 18.2 Å². The zero-order valence-corrected chi connectivity index (χ0v) is 10.9. The number of hydrogen-bond donors (Lipinski definition) is 2. The van der Waals surface area contributed by atoms with E-state index < -0.39 is 45.5 Å². The van der Waals surface area contributed by atoms with Crippen LogP contribution in [0.5, 0.6) is 0 Å². The van der Waals surface area contributed by atoms with Gasteiger partial charge >= 0.3 is 12.1 Å². The molecule has 118 valence electrons. The topological polar surface area (TPSA) is 107 Å². The zero-order chi connectivity index (χ0) is 16.4. The predicted molar refractivity (Wildman–Crippen MR) is 62.5 cm³/mol. The van der Waals surface area contributed by atoms with E-state index in [2.05, 4.69) is 4.74 Å². The lowest BCUT2D eigenvalue weighted by Crippen LogP contribution is -2.39. The smallest absolute Gasteiger partial charge is 0.426 e. The van der Waals surface area contributed by atoms with Gasteiger partial charge in [0.15, 0.2) is 0 Å². The summed E-state index contributed by atoms with van der Waals surface area (Å²) in [4.78, 5) is 11.4. The second-order valence-corrected chi connectivity index (χ2v) is 5.42. The number of benzene rings is 1. The maximum absolute atomic E-state index is 13.1. The fourth-order valence-corrected chi connectivity index (χ4v) is 1.88. The van der Waals surface area contributed by atoms with E-state index in [1.165, 1.54) is 0 Å². The fourth-order valence-electron chi connectivity index (χ4n) is 1.24.